The Hall–Kier alpha value is -2.78. The van der Waals surface area contributed by atoms with Crippen LogP contribution in [0.25, 0.3) is 0 Å². The number of imide groups is 2. The van der Waals surface area contributed by atoms with E-state index in [2.05, 4.69) is 29.4 Å². The lowest BCUT2D eigenvalue weighted by Crippen LogP contribution is -2.54. The summed E-state index contributed by atoms with van der Waals surface area (Å²) < 4.78 is 6.18. The highest BCUT2D eigenvalue weighted by molar-refractivity contribution is 6.23. The van der Waals surface area contributed by atoms with Crippen LogP contribution in [0.4, 0.5) is 0 Å². The van der Waals surface area contributed by atoms with Crippen molar-refractivity contribution in [1.29, 1.82) is 0 Å². The molecule has 1 aromatic carbocycles. The summed E-state index contributed by atoms with van der Waals surface area (Å²) in [4.78, 5) is 53.2. The van der Waals surface area contributed by atoms with E-state index in [1.165, 1.54) is 12.8 Å². The Bertz CT molecular complexity index is 1030. The van der Waals surface area contributed by atoms with Crippen LogP contribution in [-0.4, -0.2) is 77.3 Å². The van der Waals surface area contributed by atoms with Crippen molar-refractivity contribution in [2.24, 2.45) is 5.92 Å². The Morgan fingerprint density at radius 2 is 1.74 bits per heavy atom. The van der Waals surface area contributed by atoms with Gasteiger partial charge in [0.15, 0.2) is 0 Å². The highest BCUT2D eigenvalue weighted by atomic mass is 16.5. The van der Waals surface area contributed by atoms with E-state index in [4.69, 9.17) is 4.74 Å². The summed E-state index contributed by atoms with van der Waals surface area (Å²) in [6, 6.07) is 4.96. The number of carbonyl (C=O) groups is 4. The van der Waals surface area contributed by atoms with Gasteiger partial charge >= 0.3 is 0 Å². The molecule has 2 N–H and O–H groups in total. The van der Waals surface area contributed by atoms with Gasteiger partial charge in [-0.25, -0.2) is 0 Å². The van der Waals surface area contributed by atoms with E-state index in [0.29, 0.717) is 17.8 Å². The standard InChI is InChI=1S/C26H34N4O5/c1-15(2)29(14-16-7-9-27-10-8-16)17-11-19(12-17)35-18-3-4-20-21(13-18)26(34)30(25(20)33)22-5-6-23(31)28-24(22)32/h3-4,13,15-17,19,22,27H,5-12,14H2,1-2H3,(H,28,31,32). The van der Waals surface area contributed by atoms with E-state index in [9.17, 15) is 19.2 Å². The Balaban J connectivity index is 1.20. The average Bonchev–Trinajstić information content (AvgIpc) is 3.05. The van der Waals surface area contributed by atoms with Crippen molar-refractivity contribution in [3.63, 3.8) is 0 Å². The van der Waals surface area contributed by atoms with Gasteiger partial charge in [0, 0.05) is 37.9 Å². The molecule has 4 amide bonds. The van der Waals surface area contributed by atoms with Gasteiger partial charge < -0.3 is 10.1 Å². The van der Waals surface area contributed by atoms with Gasteiger partial charge in [0.05, 0.1) is 11.1 Å². The summed E-state index contributed by atoms with van der Waals surface area (Å²) in [6.07, 6.45) is 4.66. The second-order valence-electron chi connectivity index (χ2n) is 10.5. The lowest BCUT2D eigenvalue weighted by Gasteiger charge is -2.46. The number of hydrogen-bond donors (Lipinski definition) is 2. The third-order valence-electron chi connectivity index (χ3n) is 7.84. The zero-order valence-electron chi connectivity index (χ0n) is 20.4. The number of amides is 4. The first-order valence-electron chi connectivity index (χ1n) is 12.8. The average molecular weight is 483 g/mol. The molecule has 0 aromatic heterocycles. The van der Waals surface area contributed by atoms with Gasteiger partial charge in [-0.15, -0.1) is 0 Å². The number of fused-ring (bicyclic) bond motifs is 1. The number of nitrogens with one attached hydrogen (secondary N) is 2. The zero-order valence-corrected chi connectivity index (χ0v) is 20.4. The lowest BCUT2D eigenvalue weighted by atomic mass is 9.85. The van der Waals surface area contributed by atoms with Crippen LogP contribution >= 0.6 is 0 Å². The predicted octanol–water partition coefficient (Wildman–Crippen LogP) is 1.71. The second kappa shape index (κ2) is 9.70. The van der Waals surface area contributed by atoms with Crippen LogP contribution in [0.15, 0.2) is 18.2 Å². The smallest absolute Gasteiger partial charge is 0.262 e. The Morgan fingerprint density at radius 3 is 2.43 bits per heavy atom. The molecule has 1 unspecified atom stereocenters. The minimum absolute atomic E-state index is 0.0748. The zero-order chi connectivity index (χ0) is 24.7. The third kappa shape index (κ3) is 4.71. The van der Waals surface area contributed by atoms with Gasteiger partial charge in [-0.05, 0) is 70.3 Å². The molecule has 2 saturated heterocycles. The number of nitrogens with zero attached hydrogens (tertiary/aromatic N) is 2. The molecule has 3 fully saturated rings. The molecule has 35 heavy (non-hydrogen) atoms. The van der Waals surface area contributed by atoms with Gasteiger partial charge in [-0.3, -0.25) is 34.3 Å². The molecule has 1 aliphatic carbocycles. The number of rotatable bonds is 7. The number of hydrogen-bond acceptors (Lipinski definition) is 7. The van der Waals surface area contributed by atoms with E-state index in [1.807, 2.05) is 0 Å². The molecule has 1 atom stereocenters. The molecule has 3 heterocycles. The van der Waals surface area contributed by atoms with E-state index in [1.54, 1.807) is 18.2 Å². The van der Waals surface area contributed by atoms with E-state index in [0.717, 1.165) is 43.3 Å². The van der Waals surface area contributed by atoms with Gasteiger partial charge in [-0.2, -0.15) is 0 Å². The molecular formula is C26H34N4O5. The van der Waals surface area contributed by atoms with E-state index < -0.39 is 23.8 Å². The fourth-order valence-corrected chi connectivity index (χ4v) is 5.76. The first kappa shape index (κ1) is 23.9. The van der Waals surface area contributed by atoms with Crippen molar-refractivity contribution in [1.82, 2.24) is 20.4 Å². The Labute approximate surface area is 205 Å². The lowest BCUT2D eigenvalue weighted by molar-refractivity contribution is -0.136. The topological polar surface area (TPSA) is 108 Å². The quantitative estimate of drug-likeness (QED) is 0.570. The molecule has 0 spiro atoms. The van der Waals surface area contributed by atoms with Crippen LogP contribution in [0.1, 0.15) is 73.1 Å². The molecule has 1 aromatic rings. The minimum Gasteiger partial charge on any atom is -0.490 e. The fraction of sp³-hybridized carbons (Fsp3) is 0.615. The number of piperidine rings is 2. The SMILES string of the molecule is CC(C)N(CC1CCNCC1)C1CC(Oc2ccc3c(c2)C(=O)N(C2CCC(=O)NC2=O)C3=O)C1. The summed E-state index contributed by atoms with van der Waals surface area (Å²) in [6.45, 7) is 7.85. The van der Waals surface area contributed by atoms with Gasteiger partial charge in [0.1, 0.15) is 17.9 Å². The molecular weight excluding hydrogens is 448 g/mol. The Kier molecular flexibility index (Phi) is 6.63. The molecule has 3 aliphatic heterocycles. The maximum atomic E-state index is 13.0. The summed E-state index contributed by atoms with van der Waals surface area (Å²) in [5, 5.41) is 5.66. The molecule has 5 rings (SSSR count). The largest absolute Gasteiger partial charge is 0.490 e. The summed E-state index contributed by atoms with van der Waals surface area (Å²) >= 11 is 0. The van der Waals surface area contributed by atoms with Crippen molar-refractivity contribution >= 4 is 23.6 Å². The monoisotopic (exact) mass is 482 g/mol. The first-order chi connectivity index (χ1) is 16.8. The summed E-state index contributed by atoms with van der Waals surface area (Å²) in [5.41, 5.74) is 0.522. The van der Waals surface area contributed by atoms with Crippen LogP contribution in [-0.2, 0) is 9.59 Å². The van der Waals surface area contributed by atoms with Gasteiger partial charge in [0.2, 0.25) is 11.8 Å². The molecule has 1 saturated carbocycles. The van der Waals surface area contributed by atoms with Gasteiger partial charge in [0.25, 0.3) is 11.8 Å². The summed E-state index contributed by atoms with van der Waals surface area (Å²) in [5.74, 6) is -0.695. The van der Waals surface area contributed by atoms with E-state index >= 15 is 0 Å². The van der Waals surface area contributed by atoms with Crippen molar-refractivity contribution in [2.75, 3.05) is 19.6 Å². The van der Waals surface area contributed by atoms with Crippen molar-refractivity contribution < 1.29 is 23.9 Å². The van der Waals surface area contributed by atoms with E-state index in [-0.39, 0.29) is 36.0 Å². The normalized spacial score (nSPS) is 27.3. The fourth-order valence-electron chi connectivity index (χ4n) is 5.76. The van der Waals surface area contributed by atoms with Crippen molar-refractivity contribution in [3.8, 4) is 5.75 Å². The minimum atomic E-state index is -0.959. The molecule has 188 valence electrons. The van der Waals surface area contributed by atoms with Gasteiger partial charge in [-0.1, -0.05) is 0 Å². The maximum Gasteiger partial charge on any atom is 0.262 e. The number of carbonyl (C=O) groups excluding carboxylic acids is 4. The predicted molar refractivity (Wildman–Crippen MR) is 128 cm³/mol. The van der Waals surface area contributed by atoms with Crippen LogP contribution < -0.4 is 15.4 Å². The third-order valence-corrected chi connectivity index (χ3v) is 7.84. The molecule has 0 bridgehead atoms. The Morgan fingerprint density at radius 1 is 1.03 bits per heavy atom. The number of benzene rings is 1. The maximum absolute atomic E-state index is 13.0. The van der Waals surface area contributed by atoms with Crippen LogP contribution in [0.3, 0.4) is 0 Å². The first-order valence-corrected chi connectivity index (χ1v) is 12.8. The number of ether oxygens (including phenoxy) is 1. The molecule has 9 heteroatoms. The van der Waals surface area contributed by atoms with Crippen LogP contribution in [0.2, 0.25) is 0 Å². The highest BCUT2D eigenvalue weighted by Gasteiger charge is 2.45. The molecule has 9 nitrogen and oxygen atoms in total. The van der Waals surface area contributed by atoms with Crippen LogP contribution in [0, 0.1) is 5.92 Å². The summed E-state index contributed by atoms with van der Waals surface area (Å²) in [7, 11) is 0. The van der Waals surface area contributed by atoms with Crippen molar-refractivity contribution in [3.05, 3.63) is 29.3 Å². The second-order valence-corrected chi connectivity index (χ2v) is 10.5. The van der Waals surface area contributed by atoms with Crippen LogP contribution in [0.5, 0.6) is 5.75 Å². The van der Waals surface area contributed by atoms with Crippen molar-refractivity contribution in [2.45, 2.75) is 76.6 Å². The molecule has 4 aliphatic rings. The highest BCUT2D eigenvalue weighted by Crippen LogP contribution is 2.35. The molecule has 0 radical (unpaired) electrons.